The van der Waals surface area contributed by atoms with Gasteiger partial charge in [-0.05, 0) is 19.1 Å². The first kappa shape index (κ1) is 11.9. The van der Waals surface area contributed by atoms with Gasteiger partial charge in [-0.3, -0.25) is 0 Å². The highest BCUT2D eigenvalue weighted by atomic mass is 32.3. The minimum Gasteiger partial charge on any atom is -0.355 e. The van der Waals surface area contributed by atoms with Gasteiger partial charge in [0.05, 0.1) is 5.54 Å². The first-order chi connectivity index (χ1) is 6.24. The molecule has 6 heteroatoms. The molecule has 4 nitrogen and oxygen atoms in total. The molecule has 0 aromatic heterocycles. The molecule has 0 aromatic carbocycles. The molecule has 14 heavy (non-hydrogen) atoms. The first-order valence-electron chi connectivity index (χ1n) is 4.46. The van der Waals surface area contributed by atoms with Crippen molar-refractivity contribution >= 4 is 27.5 Å². The summed E-state index contributed by atoms with van der Waals surface area (Å²) in [5.74, 6) is 0.653. The standard InChI is InChI=1S/C8H16N2O2S2/c1-8(9-7(13)10(2)3)4-5-14(11,12)6-8/h4-6H2,1-3H3,(H-,9,11,12,13)/p+1/t8-/m1/s1. The van der Waals surface area contributed by atoms with Crippen LogP contribution in [0.1, 0.15) is 13.3 Å². The highest BCUT2D eigenvalue weighted by Crippen LogP contribution is 2.26. The van der Waals surface area contributed by atoms with E-state index in [9.17, 15) is 8.76 Å². The molecule has 0 amide bonds. The molecule has 0 aliphatic carbocycles. The summed E-state index contributed by atoms with van der Waals surface area (Å²) < 4.78 is 20.8. The van der Waals surface area contributed by atoms with Gasteiger partial charge >= 0.3 is 0 Å². The van der Waals surface area contributed by atoms with Crippen LogP contribution in [0.5, 0.6) is 0 Å². The van der Waals surface area contributed by atoms with Crippen LogP contribution in [-0.4, -0.2) is 45.7 Å². The third kappa shape index (κ3) is 2.90. The van der Waals surface area contributed by atoms with Crippen LogP contribution < -0.4 is 5.32 Å². The second-order valence-electron chi connectivity index (χ2n) is 4.26. The van der Waals surface area contributed by atoms with Crippen LogP contribution >= 0.6 is 12.2 Å². The summed E-state index contributed by atoms with van der Waals surface area (Å²) >= 11 is 5.10. The Balaban J connectivity index is 2.62. The lowest BCUT2D eigenvalue weighted by Gasteiger charge is -2.26. The van der Waals surface area contributed by atoms with Gasteiger partial charge in [-0.25, -0.2) is 0 Å². The lowest BCUT2D eigenvalue weighted by Crippen LogP contribution is -2.50. The highest BCUT2D eigenvalue weighted by Gasteiger charge is 2.47. The summed E-state index contributed by atoms with van der Waals surface area (Å²) in [7, 11) is 1.09. The number of hydrogen-bond acceptors (Lipinski definition) is 2. The Hall–Kier alpha value is -0.200. The fourth-order valence-electron chi connectivity index (χ4n) is 1.50. The molecule has 0 aromatic rings. The Morgan fingerprint density at radius 3 is 2.57 bits per heavy atom. The van der Waals surface area contributed by atoms with Crippen LogP contribution in [0.3, 0.4) is 0 Å². The van der Waals surface area contributed by atoms with Crippen LogP contribution in [0.25, 0.3) is 0 Å². The van der Waals surface area contributed by atoms with Crippen LogP contribution in [0, 0.1) is 0 Å². The average Bonchev–Trinajstić information content (AvgIpc) is 2.25. The molecule has 1 aliphatic rings. The minimum atomic E-state index is -2.62. The highest BCUT2D eigenvalue weighted by molar-refractivity contribution is 7.98. The van der Waals surface area contributed by atoms with E-state index < -0.39 is 10.2 Å². The van der Waals surface area contributed by atoms with E-state index in [0.717, 1.165) is 0 Å². The molecular formula is C8H17N2O2S2+. The van der Waals surface area contributed by atoms with Gasteiger partial charge in [0, 0.05) is 20.5 Å². The fraction of sp³-hybridized carbons (Fsp3) is 0.875. The largest absolute Gasteiger partial charge is 0.355 e. The Bertz CT molecular complexity index is 293. The van der Waals surface area contributed by atoms with Crippen molar-refractivity contribution < 1.29 is 8.76 Å². The molecule has 1 heterocycles. The van der Waals surface area contributed by atoms with E-state index in [2.05, 4.69) is 5.32 Å². The SMILES string of the molecule is CN(C)C(=S)N[C@]1(C)CC[S+](=O)(O)C1. The number of thiocarbonyl (C=S) groups is 1. The maximum absolute atomic E-state index is 11.4. The fourth-order valence-corrected chi connectivity index (χ4v) is 3.87. The second-order valence-corrected chi connectivity index (χ2v) is 6.89. The molecule has 1 rings (SSSR count). The Morgan fingerprint density at radius 1 is 1.64 bits per heavy atom. The quantitative estimate of drug-likeness (QED) is 0.515. The van der Waals surface area contributed by atoms with Crippen LogP contribution in [0.15, 0.2) is 0 Å². The zero-order chi connectivity index (χ0) is 11.0. The van der Waals surface area contributed by atoms with Crippen molar-refractivity contribution in [2.45, 2.75) is 18.9 Å². The van der Waals surface area contributed by atoms with E-state index in [4.69, 9.17) is 12.2 Å². The summed E-state index contributed by atoms with van der Waals surface area (Å²) in [5, 5.41) is 3.74. The number of rotatable bonds is 1. The topological polar surface area (TPSA) is 52.6 Å². The first-order valence-corrected chi connectivity index (χ1v) is 6.72. The zero-order valence-electron chi connectivity index (χ0n) is 8.74. The van der Waals surface area contributed by atoms with Crippen LogP contribution in [0.4, 0.5) is 0 Å². The zero-order valence-corrected chi connectivity index (χ0v) is 10.4. The molecular weight excluding hydrogens is 220 g/mol. The second kappa shape index (κ2) is 3.75. The molecule has 2 atom stereocenters. The monoisotopic (exact) mass is 237 g/mol. The Kier molecular flexibility index (Phi) is 3.18. The Labute approximate surface area is 91.3 Å². The van der Waals surface area contributed by atoms with E-state index in [1.807, 2.05) is 21.0 Å². The summed E-state index contributed by atoms with van der Waals surface area (Å²) in [6.07, 6.45) is 0.691. The van der Waals surface area contributed by atoms with Gasteiger partial charge < -0.3 is 10.2 Å². The van der Waals surface area contributed by atoms with Crippen molar-refractivity contribution in [2.24, 2.45) is 0 Å². The molecule has 1 fully saturated rings. The van der Waals surface area contributed by atoms with Gasteiger partial charge in [0.2, 0.25) is 10.2 Å². The molecule has 0 spiro atoms. The average molecular weight is 237 g/mol. The van der Waals surface area contributed by atoms with Gasteiger partial charge in [-0.2, -0.15) is 4.55 Å². The normalized spacial score (nSPS) is 36.9. The predicted molar refractivity (Wildman–Crippen MR) is 62.9 cm³/mol. The summed E-state index contributed by atoms with van der Waals surface area (Å²) in [6.45, 7) is 1.94. The molecule has 0 bridgehead atoms. The summed E-state index contributed by atoms with van der Waals surface area (Å²) in [4.78, 5) is 1.79. The lowest BCUT2D eigenvalue weighted by atomic mass is 10.0. The van der Waals surface area contributed by atoms with Crippen molar-refractivity contribution in [1.82, 2.24) is 10.2 Å². The van der Waals surface area contributed by atoms with Crippen LogP contribution in [0.2, 0.25) is 0 Å². The summed E-state index contributed by atoms with van der Waals surface area (Å²) in [5.41, 5.74) is -0.326. The van der Waals surface area contributed by atoms with Gasteiger partial charge in [0.1, 0.15) is 5.75 Å². The third-order valence-electron chi connectivity index (χ3n) is 2.33. The third-order valence-corrected chi connectivity index (χ3v) is 4.73. The van der Waals surface area contributed by atoms with E-state index in [-0.39, 0.29) is 11.3 Å². The maximum Gasteiger partial charge on any atom is 0.216 e. The number of hydrogen-bond donors (Lipinski definition) is 2. The van der Waals surface area contributed by atoms with Gasteiger partial charge in [-0.1, -0.05) is 4.21 Å². The molecule has 1 aliphatic heterocycles. The predicted octanol–water partition coefficient (Wildman–Crippen LogP) is 0.557. The molecule has 1 saturated heterocycles. The van der Waals surface area contributed by atoms with E-state index >= 15 is 0 Å². The maximum atomic E-state index is 11.4. The smallest absolute Gasteiger partial charge is 0.216 e. The lowest BCUT2D eigenvalue weighted by molar-refractivity contribution is 0.442. The molecule has 82 valence electrons. The molecule has 0 saturated carbocycles. The Morgan fingerprint density at radius 2 is 2.21 bits per heavy atom. The molecule has 0 radical (unpaired) electrons. The minimum absolute atomic E-state index is 0.286. The van der Waals surface area contributed by atoms with Crippen molar-refractivity contribution in [3.63, 3.8) is 0 Å². The number of nitrogens with zero attached hydrogens (tertiary/aromatic N) is 1. The molecule has 2 N–H and O–H groups in total. The number of nitrogens with one attached hydrogen (secondary N) is 1. The van der Waals surface area contributed by atoms with Crippen molar-refractivity contribution in [1.29, 1.82) is 0 Å². The van der Waals surface area contributed by atoms with Crippen molar-refractivity contribution in [2.75, 3.05) is 25.6 Å². The van der Waals surface area contributed by atoms with Crippen molar-refractivity contribution in [3.05, 3.63) is 0 Å². The van der Waals surface area contributed by atoms with Gasteiger partial charge in [0.15, 0.2) is 10.9 Å². The van der Waals surface area contributed by atoms with E-state index in [1.54, 1.807) is 4.90 Å². The van der Waals surface area contributed by atoms with Crippen molar-refractivity contribution in [3.8, 4) is 0 Å². The summed E-state index contributed by atoms with van der Waals surface area (Å²) in [6, 6.07) is 0. The van der Waals surface area contributed by atoms with E-state index in [1.165, 1.54) is 0 Å². The van der Waals surface area contributed by atoms with Gasteiger partial charge in [0.25, 0.3) is 0 Å². The van der Waals surface area contributed by atoms with E-state index in [0.29, 0.717) is 17.3 Å². The van der Waals surface area contributed by atoms with Gasteiger partial charge in [-0.15, -0.1) is 0 Å². The molecule has 1 unspecified atom stereocenters. The van der Waals surface area contributed by atoms with Crippen LogP contribution in [-0.2, 0) is 14.4 Å².